The Kier molecular flexibility index (Phi) is 5.78. The predicted octanol–water partition coefficient (Wildman–Crippen LogP) is 5.40. The summed E-state index contributed by atoms with van der Waals surface area (Å²) in [4.78, 5) is 23.4. The highest BCUT2D eigenvalue weighted by Crippen LogP contribution is 2.37. The quantitative estimate of drug-likeness (QED) is 0.368. The lowest BCUT2D eigenvalue weighted by molar-refractivity contribution is 0.208. The lowest BCUT2D eigenvalue weighted by Crippen LogP contribution is -2.51. The zero-order valence-electron chi connectivity index (χ0n) is 20.7. The molecular formula is C30H30BrN5O. The lowest BCUT2D eigenvalue weighted by Gasteiger charge is -2.39. The van der Waals surface area contributed by atoms with Gasteiger partial charge in [-0.15, -0.1) is 0 Å². The molecule has 3 atom stereocenters. The fourth-order valence-corrected chi connectivity index (χ4v) is 6.79. The van der Waals surface area contributed by atoms with Crippen molar-refractivity contribution in [2.45, 2.75) is 25.3 Å². The van der Waals surface area contributed by atoms with Gasteiger partial charge < -0.3 is 14.6 Å². The first-order chi connectivity index (χ1) is 18.2. The van der Waals surface area contributed by atoms with E-state index in [1.807, 2.05) is 6.07 Å². The number of likely N-dealkylation sites (tertiary alicyclic amines) is 1. The minimum atomic E-state index is 0.0651. The molecule has 0 bridgehead atoms. The average Bonchev–Trinajstić information content (AvgIpc) is 3.63. The monoisotopic (exact) mass is 555 g/mol. The maximum atomic E-state index is 14.2. The zero-order chi connectivity index (χ0) is 24.9. The van der Waals surface area contributed by atoms with Crippen molar-refractivity contribution in [1.82, 2.24) is 19.6 Å². The van der Waals surface area contributed by atoms with E-state index < -0.39 is 0 Å². The molecule has 6 nitrogen and oxygen atoms in total. The maximum Gasteiger partial charge on any atom is 0.324 e. The molecule has 5 heterocycles. The molecule has 1 N–H and O–H groups in total. The van der Waals surface area contributed by atoms with Gasteiger partial charge in [-0.25, -0.2) is 9.78 Å². The molecule has 37 heavy (non-hydrogen) atoms. The number of carbonyl (C=O) groups is 1. The summed E-state index contributed by atoms with van der Waals surface area (Å²) >= 11 is 3.56. The van der Waals surface area contributed by atoms with Crippen molar-refractivity contribution >= 4 is 33.3 Å². The van der Waals surface area contributed by atoms with E-state index in [0.29, 0.717) is 11.8 Å². The molecule has 188 valence electrons. The van der Waals surface area contributed by atoms with E-state index in [9.17, 15) is 4.79 Å². The number of halogens is 1. The van der Waals surface area contributed by atoms with Crippen LogP contribution in [0.4, 0.5) is 10.5 Å². The van der Waals surface area contributed by atoms with E-state index in [1.54, 1.807) is 0 Å². The van der Waals surface area contributed by atoms with Crippen LogP contribution in [-0.4, -0.2) is 52.5 Å². The molecule has 7 rings (SSSR count). The van der Waals surface area contributed by atoms with Crippen molar-refractivity contribution in [3.63, 3.8) is 0 Å². The number of aryl methyl sites for hydroxylation is 1. The molecule has 0 radical (unpaired) electrons. The number of nitrogens with one attached hydrogen (secondary N) is 1. The summed E-state index contributed by atoms with van der Waals surface area (Å²) in [7, 11) is 0. The second-order valence-corrected chi connectivity index (χ2v) is 11.5. The van der Waals surface area contributed by atoms with E-state index in [2.05, 4.69) is 102 Å². The third kappa shape index (κ3) is 4.05. The Labute approximate surface area is 225 Å². The SMILES string of the molecule is O=C(N1CC2CNCC2C1)N1c2ccccc2CCC1Cc1c(-c2ccc(Br)cc2)nc2ccccn12. The normalized spacial score (nSPS) is 22.9. The van der Waals surface area contributed by atoms with Gasteiger partial charge >= 0.3 is 6.03 Å². The van der Waals surface area contributed by atoms with Gasteiger partial charge in [-0.05, 0) is 60.6 Å². The van der Waals surface area contributed by atoms with Crippen molar-refractivity contribution in [3.05, 3.63) is 88.7 Å². The number of nitrogens with zero attached hydrogens (tertiary/aromatic N) is 4. The second kappa shape index (κ2) is 9.30. The van der Waals surface area contributed by atoms with Gasteiger partial charge in [-0.3, -0.25) is 4.90 Å². The third-order valence-electron chi connectivity index (χ3n) is 8.40. The number of benzene rings is 2. The summed E-state index contributed by atoms with van der Waals surface area (Å²) in [5.41, 5.74) is 6.51. The van der Waals surface area contributed by atoms with E-state index in [-0.39, 0.29) is 12.1 Å². The number of imidazole rings is 1. The molecule has 0 saturated carbocycles. The van der Waals surface area contributed by atoms with Crippen LogP contribution in [0.3, 0.4) is 0 Å². The molecule has 3 aliphatic rings. The van der Waals surface area contributed by atoms with Crippen LogP contribution in [0.1, 0.15) is 17.7 Å². The summed E-state index contributed by atoms with van der Waals surface area (Å²) < 4.78 is 3.25. The predicted molar refractivity (Wildman–Crippen MR) is 150 cm³/mol. The topological polar surface area (TPSA) is 52.9 Å². The van der Waals surface area contributed by atoms with Crippen LogP contribution >= 0.6 is 15.9 Å². The van der Waals surface area contributed by atoms with Gasteiger partial charge in [0.15, 0.2) is 0 Å². The number of aromatic nitrogens is 2. The number of rotatable bonds is 3. The standard InChI is InChI=1S/C30H30BrN5O/c31-24-11-8-21(9-12-24)29-27(35-14-4-3-7-28(35)33-29)15-25-13-10-20-5-1-2-6-26(20)36(25)30(37)34-18-22-16-32-17-23(22)19-34/h1-9,11-12,14,22-23,25,32H,10,13,15-19H2. The van der Waals surface area contributed by atoms with Gasteiger partial charge in [-0.1, -0.05) is 52.3 Å². The zero-order valence-corrected chi connectivity index (χ0v) is 22.3. The van der Waals surface area contributed by atoms with Gasteiger partial charge in [0.2, 0.25) is 0 Å². The Bertz CT molecular complexity index is 1450. The molecule has 2 amide bonds. The molecule has 2 aromatic carbocycles. The average molecular weight is 557 g/mol. The largest absolute Gasteiger partial charge is 0.324 e. The molecular weight excluding hydrogens is 526 g/mol. The lowest BCUT2D eigenvalue weighted by atomic mass is 9.92. The van der Waals surface area contributed by atoms with Crippen LogP contribution in [0.25, 0.3) is 16.9 Å². The summed E-state index contributed by atoms with van der Waals surface area (Å²) in [6.07, 6.45) is 4.76. The number of para-hydroxylation sites is 1. The summed E-state index contributed by atoms with van der Waals surface area (Å²) in [6, 6.07) is 23.2. The summed E-state index contributed by atoms with van der Waals surface area (Å²) in [5.74, 6) is 1.15. The molecule has 4 aromatic rings. The van der Waals surface area contributed by atoms with Crippen LogP contribution in [0.5, 0.6) is 0 Å². The Morgan fingerprint density at radius 2 is 1.73 bits per heavy atom. The molecule has 2 aromatic heterocycles. The number of urea groups is 1. The van der Waals surface area contributed by atoms with Crippen LogP contribution < -0.4 is 10.2 Å². The van der Waals surface area contributed by atoms with Crippen molar-refractivity contribution in [1.29, 1.82) is 0 Å². The number of anilines is 1. The maximum absolute atomic E-state index is 14.2. The van der Waals surface area contributed by atoms with Gasteiger partial charge in [0.25, 0.3) is 0 Å². The second-order valence-electron chi connectivity index (χ2n) is 10.6. The highest BCUT2D eigenvalue weighted by molar-refractivity contribution is 9.10. The van der Waals surface area contributed by atoms with Crippen molar-refractivity contribution in [2.24, 2.45) is 11.8 Å². The minimum Gasteiger partial charge on any atom is -0.324 e. The first-order valence-corrected chi connectivity index (χ1v) is 14.0. The number of hydrogen-bond acceptors (Lipinski definition) is 3. The number of fused-ring (bicyclic) bond motifs is 3. The number of amides is 2. The molecule has 0 aliphatic carbocycles. The van der Waals surface area contributed by atoms with Crippen LogP contribution in [-0.2, 0) is 12.8 Å². The van der Waals surface area contributed by atoms with Gasteiger partial charge in [-0.2, -0.15) is 0 Å². The Balaban J connectivity index is 1.28. The smallest absolute Gasteiger partial charge is 0.324 e. The molecule has 7 heteroatoms. The first-order valence-electron chi connectivity index (χ1n) is 13.2. The van der Waals surface area contributed by atoms with Crippen molar-refractivity contribution < 1.29 is 4.79 Å². The molecule has 3 unspecified atom stereocenters. The van der Waals surface area contributed by atoms with Gasteiger partial charge in [0.05, 0.1) is 11.4 Å². The number of carbonyl (C=O) groups excluding carboxylic acids is 1. The van der Waals surface area contributed by atoms with Crippen molar-refractivity contribution in [3.8, 4) is 11.3 Å². The third-order valence-corrected chi connectivity index (χ3v) is 8.93. The van der Waals surface area contributed by atoms with E-state index in [1.165, 1.54) is 5.56 Å². The summed E-state index contributed by atoms with van der Waals surface area (Å²) in [6.45, 7) is 3.74. The van der Waals surface area contributed by atoms with Crippen LogP contribution in [0.15, 0.2) is 77.4 Å². The molecule has 3 aliphatic heterocycles. The Morgan fingerprint density at radius 3 is 2.54 bits per heavy atom. The van der Waals surface area contributed by atoms with E-state index in [0.717, 1.165) is 78.2 Å². The molecule has 0 spiro atoms. The van der Waals surface area contributed by atoms with Crippen LogP contribution in [0.2, 0.25) is 0 Å². The fourth-order valence-electron chi connectivity index (χ4n) is 6.53. The highest BCUT2D eigenvalue weighted by Gasteiger charge is 2.42. The van der Waals surface area contributed by atoms with E-state index in [4.69, 9.17) is 4.98 Å². The molecule has 2 saturated heterocycles. The number of hydrogen-bond donors (Lipinski definition) is 1. The molecule has 2 fully saturated rings. The highest BCUT2D eigenvalue weighted by atomic mass is 79.9. The first kappa shape index (κ1) is 23.0. The van der Waals surface area contributed by atoms with Crippen molar-refractivity contribution in [2.75, 3.05) is 31.1 Å². The summed E-state index contributed by atoms with van der Waals surface area (Å²) in [5, 5.41) is 3.50. The number of pyridine rings is 1. The Hall–Kier alpha value is -3.16. The van der Waals surface area contributed by atoms with Gasteiger partial charge in [0.1, 0.15) is 5.65 Å². The minimum absolute atomic E-state index is 0.0651. The fraction of sp³-hybridized carbons (Fsp3) is 0.333. The van der Waals surface area contributed by atoms with Crippen LogP contribution in [0, 0.1) is 11.8 Å². The van der Waals surface area contributed by atoms with E-state index >= 15 is 0 Å². The van der Waals surface area contributed by atoms with Gasteiger partial charge in [0, 0.05) is 60.6 Å². The Morgan fingerprint density at radius 1 is 0.973 bits per heavy atom.